The van der Waals surface area contributed by atoms with Crippen molar-refractivity contribution in [3.05, 3.63) is 24.3 Å². The smallest absolute Gasteiger partial charge is 0.487 e. The molecule has 0 N–H and O–H groups in total. The molecule has 9 heteroatoms. The Hall–Kier alpha value is -2.16. The SMILES string of the molecule is O=C(N1CCCN(C2CCC2)CC1)N1CC(Oc2ccc(OC(F)(F)F)cc2)C1. The minimum absolute atomic E-state index is 0.0502. The number of benzene rings is 1. The molecule has 1 aliphatic carbocycles. The Morgan fingerprint density at radius 2 is 1.59 bits per heavy atom. The van der Waals surface area contributed by atoms with E-state index in [9.17, 15) is 18.0 Å². The van der Waals surface area contributed by atoms with E-state index in [-0.39, 0.29) is 17.9 Å². The predicted molar refractivity (Wildman–Crippen MR) is 99.9 cm³/mol. The number of carbonyl (C=O) groups is 1. The molecule has 3 fully saturated rings. The average Bonchev–Trinajstić information content (AvgIpc) is 2.82. The fourth-order valence-corrected chi connectivity index (χ4v) is 4.03. The van der Waals surface area contributed by atoms with Crippen molar-refractivity contribution in [3.63, 3.8) is 0 Å². The molecule has 0 unspecified atom stereocenters. The fraction of sp³-hybridized carbons (Fsp3) is 0.650. The number of nitrogens with zero attached hydrogens (tertiary/aromatic N) is 3. The number of rotatable bonds is 4. The van der Waals surface area contributed by atoms with Gasteiger partial charge in [0.25, 0.3) is 0 Å². The van der Waals surface area contributed by atoms with Crippen LogP contribution in [0.3, 0.4) is 0 Å². The molecule has 0 bridgehead atoms. The van der Waals surface area contributed by atoms with E-state index in [0.717, 1.165) is 32.6 Å². The molecule has 6 nitrogen and oxygen atoms in total. The zero-order chi connectivity index (χ0) is 20.4. The summed E-state index contributed by atoms with van der Waals surface area (Å²) in [6.45, 7) is 4.53. The fourth-order valence-electron chi connectivity index (χ4n) is 4.03. The number of carbonyl (C=O) groups excluding carboxylic acids is 1. The Morgan fingerprint density at radius 1 is 0.897 bits per heavy atom. The summed E-state index contributed by atoms with van der Waals surface area (Å²) in [6.07, 6.45) is 0.0238. The van der Waals surface area contributed by atoms with Crippen LogP contribution in [0, 0.1) is 0 Å². The third-order valence-corrected chi connectivity index (χ3v) is 5.87. The molecule has 4 rings (SSSR count). The molecule has 1 saturated carbocycles. The van der Waals surface area contributed by atoms with Gasteiger partial charge in [0.2, 0.25) is 0 Å². The number of hydrogen-bond donors (Lipinski definition) is 0. The molecule has 2 amide bonds. The van der Waals surface area contributed by atoms with Crippen molar-refractivity contribution in [2.75, 3.05) is 39.3 Å². The Balaban J connectivity index is 1.21. The van der Waals surface area contributed by atoms with Gasteiger partial charge in [-0.05, 0) is 43.5 Å². The van der Waals surface area contributed by atoms with Gasteiger partial charge in [0.05, 0.1) is 13.1 Å². The maximum Gasteiger partial charge on any atom is 0.573 e. The van der Waals surface area contributed by atoms with Gasteiger partial charge >= 0.3 is 12.4 Å². The van der Waals surface area contributed by atoms with E-state index in [2.05, 4.69) is 9.64 Å². The van der Waals surface area contributed by atoms with Crippen molar-refractivity contribution in [1.29, 1.82) is 0 Å². The van der Waals surface area contributed by atoms with Crippen LogP contribution in [0.15, 0.2) is 24.3 Å². The van der Waals surface area contributed by atoms with Crippen molar-refractivity contribution in [1.82, 2.24) is 14.7 Å². The molecule has 2 aliphatic heterocycles. The quantitative estimate of drug-likeness (QED) is 0.760. The van der Waals surface area contributed by atoms with E-state index in [1.807, 2.05) is 4.90 Å². The first kappa shape index (κ1) is 20.1. The van der Waals surface area contributed by atoms with Gasteiger partial charge in [0.1, 0.15) is 17.6 Å². The van der Waals surface area contributed by atoms with Crippen LogP contribution in [-0.2, 0) is 0 Å². The maximum atomic E-state index is 12.7. The number of halogens is 3. The first-order valence-electron chi connectivity index (χ1n) is 10.2. The van der Waals surface area contributed by atoms with Crippen molar-refractivity contribution in [3.8, 4) is 11.5 Å². The zero-order valence-electron chi connectivity index (χ0n) is 16.2. The van der Waals surface area contributed by atoms with Crippen LogP contribution < -0.4 is 9.47 Å². The van der Waals surface area contributed by atoms with Crippen molar-refractivity contribution in [2.24, 2.45) is 0 Å². The lowest BCUT2D eigenvalue weighted by molar-refractivity contribution is -0.274. The van der Waals surface area contributed by atoms with Crippen LogP contribution in [0.25, 0.3) is 0 Å². The molecule has 0 aromatic heterocycles. The van der Waals surface area contributed by atoms with Gasteiger partial charge in [-0.2, -0.15) is 0 Å². The summed E-state index contributed by atoms with van der Waals surface area (Å²) in [7, 11) is 0. The number of ether oxygens (including phenoxy) is 2. The average molecular weight is 413 g/mol. The second-order valence-corrected chi connectivity index (χ2v) is 7.91. The van der Waals surface area contributed by atoms with Gasteiger partial charge in [0.15, 0.2) is 0 Å². The molecule has 1 aromatic rings. The highest BCUT2D eigenvalue weighted by Gasteiger charge is 2.36. The maximum absolute atomic E-state index is 12.7. The van der Waals surface area contributed by atoms with E-state index < -0.39 is 6.36 Å². The monoisotopic (exact) mass is 413 g/mol. The lowest BCUT2D eigenvalue weighted by Gasteiger charge is -2.41. The first-order chi connectivity index (χ1) is 13.9. The molecular weight excluding hydrogens is 387 g/mol. The van der Waals surface area contributed by atoms with Crippen molar-refractivity contribution >= 4 is 6.03 Å². The second-order valence-electron chi connectivity index (χ2n) is 7.91. The highest BCUT2D eigenvalue weighted by molar-refractivity contribution is 5.75. The third-order valence-electron chi connectivity index (χ3n) is 5.87. The summed E-state index contributed by atoms with van der Waals surface area (Å²) < 4.78 is 46.2. The number of amides is 2. The summed E-state index contributed by atoms with van der Waals surface area (Å²) in [5.41, 5.74) is 0. The number of alkyl halides is 3. The Kier molecular flexibility index (Phi) is 5.76. The number of urea groups is 1. The van der Waals surface area contributed by atoms with Crippen LogP contribution in [0.2, 0.25) is 0 Å². The minimum Gasteiger partial charge on any atom is -0.487 e. The van der Waals surface area contributed by atoms with Gasteiger partial charge in [0, 0.05) is 32.2 Å². The molecule has 0 atom stereocenters. The van der Waals surface area contributed by atoms with Crippen LogP contribution >= 0.6 is 0 Å². The zero-order valence-corrected chi connectivity index (χ0v) is 16.2. The largest absolute Gasteiger partial charge is 0.573 e. The van der Waals surface area contributed by atoms with Gasteiger partial charge in [-0.1, -0.05) is 6.42 Å². The van der Waals surface area contributed by atoms with Gasteiger partial charge in [-0.15, -0.1) is 13.2 Å². The second kappa shape index (κ2) is 8.30. The highest BCUT2D eigenvalue weighted by Crippen LogP contribution is 2.27. The summed E-state index contributed by atoms with van der Waals surface area (Å²) in [6, 6.07) is 6.07. The number of hydrogen-bond acceptors (Lipinski definition) is 4. The molecule has 0 spiro atoms. The van der Waals surface area contributed by atoms with E-state index in [4.69, 9.17) is 4.74 Å². The molecule has 0 radical (unpaired) electrons. The third kappa shape index (κ3) is 5.07. The summed E-state index contributed by atoms with van der Waals surface area (Å²) >= 11 is 0. The predicted octanol–water partition coefficient (Wildman–Crippen LogP) is 3.33. The molecule has 160 valence electrons. The lowest BCUT2D eigenvalue weighted by atomic mass is 9.91. The van der Waals surface area contributed by atoms with E-state index in [0.29, 0.717) is 24.9 Å². The topological polar surface area (TPSA) is 45.3 Å². The standard InChI is InChI=1S/C20H26F3N3O3/c21-20(22,23)29-17-7-5-16(6-8-17)28-18-13-26(14-18)19(27)25-10-2-9-24(11-12-25)15-3-1-4-15/h5-8,15,18H,1-4,9-14H2. The lowest BCUT2D eigenvalue weighted by Crippen LogP contribution is -2.60. The number of likely N-dealkylation sites (tertiary alicyclic amines) is 1. The Bertz CT molecular complexity index is 703. The van der Waals surface area contributed by atoms with Crippen LogP contribution in [0.5, 0.6) is 11.5 Å². The van der Waals surface area contributed by atoms with Gasteiger partial charge in [-0.3, -0.25) is 4.90 Å². The highest BCUT2D eigenvalue weighted by atomic mass is 19.4. The first-order valence-corrected chi connectivity index (χ1v) is 10.2. The molecule has 3 aliphatic rings. The van der Waals surface area contributed by atoms with E-state index in [1.165, 1.54) is 43.5 Å². The van der Waals surface area contributed by atoms with Crippen LogP contribution in [0.4, 0.5) is 18.0 Å². The van der Waals surface area contributed by atoms with Gasteiger partial charge < -0.3 is 19.3 Å². The van der Waals surface area contributed by atoms with Gasteiger partial charge in [-0.25, -0.2) is 4.79 Å². The van der Waals surface area contributed by atoms with Crippen LogP contribution in [0.1, 0.15) is 25.7 Å². The van der Waals surface area contributed by atoms with Crippen LogP contribution in [-0.4, -0.2) is 78.5 Å². The molecule has 2 heterocycles. The normalized spacial score (nSPS) is 21.9. The summed E-state index contributed by atoms with van der Waals surface area (Å²) in [5.74, 6) is 0.176. The molecule has 2 saturated heterocycles. The van der Waals surface area contributed by atoms with Crippen molar-refractivity contribution < 1.29 is 27.4 Å². The summed E-state index contributed by atoms with van der Waals surface area (Å²) in [4.78, 5) is 18.9. The summed E-state index contributed by atoms with van der Waals surface area (Å²) in [5, 5.41) is 0. The minimum atomic E-state index is -4.71. The van der Waals surface area contributed by atoms with E-state index in [1.54, 1.807) is 4.90 Å². The molecule has 29 heavy (non-hydrogen) atoms. The Morgan fingerprint density at radius 3 is 2.21 bits per heavy atom. The Labute approximate surface area is 168 Å². The molecular formula is C20H26F3N3O3. The van der Waals surface area contributed by atoms with Crippen molar-refractivity contribution in [2.45, 2.75) is 44.2 Å². The molecule has 1 aromatic carbocycles. The van der Waals surface area contributed by atoms with E-state index >= 15 is 0 Å².